The minimum absolute atomic E-state index is 0.0236. The smallest absolute Gasteiger partial charge is 0.243 e. The molecule has 3 rings (SSSR count). The van der Waals surface area contributed by atoms with Crippen LogP contribution < -0.4 is 10.1 Å². The molecule has 1 heterocycles. The summed E-state index contributed by atoms with van der Waals surface area (Å²) in [4.78, 5) is 26.6. The summed E-state index contributed by atoms with van der Waals surface area (Å²) < 4.78 is 6.10. The molecule has 1 saturated heterocycles. The maximum atomic E-state index is 12.6. The highest BCUT2D eigenvalue weighted by molar-refractivity contribution is 9.10. The molecule has 24 heavy (non-hydrogen) atoms. The number of halogens is 1. The summed E-state index contributed by atoms with van der Waals surface area (Å²) in [5, 5.41) is 3.02. The molecule has 5 nitrogen and oxygen atoms in total. The molecule has 6 heteroatoms. The van der Waals surface area contributed by atoms with Gasteiger partial charge < -0.3 is 15.0 Å². The summed E-state index contributed by atoms with van der Waals surface area (Å²) >= 11 is 3.46. The number of hydrogen-bond donors (Lipinski definition) is 1. The van der Waals surface area contributed by atoms with Crippen molar-refractivity contribution in [2.24, 2.45) is 0 Å². The van der Waals surface area contributed by atoms with E-state index in [-0.39, 0.29) is 17.9 Å². The van der Waals surface area contributed by atoms with Gasteiger partial charge in [-0.3, -0.25) is 9.59 Å². The van der Waals surface area contributed by atoms with Crippen LogP contribution in [0.25, 0.3) is 0 Å². The summed E-state index contributed by atoms with van der Waals surface area (Å²) in [7, 11) is 1.63. The van der Waals surface area contributed by atoms with Crippen molar-refractivity contribution >= 4 is 27.7 Å². The second kappa shape index (κ2) is 7.55. The van der Waals surface area contributed by atoms with E-state index in [4.69, 9.17) is 4.74 Å². The summed E-state index contributed by atoms with van der Waals surface area (Å²) in [5.41, 5.74) is 1.08. The van der Waals surface area contributed by atoms with Gasteiger partial charge in [0.2, 0.25) is 11.8 Å². The number of nitrogens with one attached hydrogen (secondary N) is 1. The molecule has 2 amide bonds. The highest BCUT2D eigenvalue weighted by atomic mass is 79.9. The number of aryl methyl sites for hydroxylation is 1. The van der Waals surface area contributed by atoms with Crippen molar-refractivity contribution in [3.63, 3.8) is 0 Å². The van der Waals surface area contributed by atoms with E-state index in [2.05, 4.69) is 21.2 Å². The van der Waals surface area contributed by atoms with Crippen LogP contribution in [-0.4, -0.2) is 42.5 Å². The molecule has 1 aromatic rings. The first-order valence-corrected chi connectivity index (χ1v) is 9.30. The minimum atomic E-state index is -0.277. The Balaban J connectivity index is 1.55. The largest absolute Gasteiger partial charge is 0.496 e. The Bertz CT molecular complexity index is 631. The molecule has 0 bridgehead atoms. The fraction of sp³-hybridized carbons (Fsp3) is 0.556. The summed E-state index contributed by atoms with van der Waals surface area (Å²) in [5.74, 6) is 0.868. The molecule has 1 N–H and O–H groups in total. The summed E-state index contributed by atoms with van der Waals surface area (Å²) in [6, 6.07) is 5.91. The fourth-order valence-electron chi connectivity index (χ4n) is 3.12. The van der Waals surface area contributed by atoms with E-state index >= 15 is 0 Å². The van der Waals surface area contributed by atoms with E-state index in [0.29, 0.717) is 25.4 Å². The normalized spacial score (nSPS) is 20.1. The average Bonchev–Trinajstić information content (AvgIpc) is 3.24. The first-order valence-electron chi connectivity index (χ1n) is 8.50. The molecule has 1 saturated carbocycles. The number of ether oxygens (including phenoxy) is 1. The molecule has 1 aromatic carbocycles. The molecule has 0 unspecified atom stereocenters. The lowest BCUT2D eigenvalue weighted by Crippen LogP contribution is -2.46. The number of likely N-dealkylation sites (tertiary alicyclic amines) is 1. The van der Waals surface area contributed by atoms with Gasteiger partial charge in [-0.2, -0.15) is 0 Å². The predicted octanol–water partition coefficient (Wildman–Crippen LogP) is 2.66. The van der Waals surface area contributed by atoms with E-state index < -0.39 is 0 Å². The van der Waals surface area contributed by atoms with Crippen LogP contribution in [0.4, 0.5) is 0 Å². The monoisotopic (exact) mass is 394 g/mol. The van der Waals surface area contributed by atoms with Crippen LogP contribution in [0.15, 0.2) is 22.7 Å². The SMILES string of the molecule is COc1ccc(CCC(=O)N2CCC[C@H]2C(=O)NC2CC2)cc1Br. The van der Waals surface area contributed by atoms with Gasteiger partial charge in [0, 0.05) is 19.0 Å². The number of amides is 2. The third-order valence-electron chi connectivity index (χ3n) is 4.64. The molecular weight excluding hydrogens is 372 g/mol. The maximum absolute atomic E-state index is 12.6. The number of carbonyl (C=O) groups excluding carboxylic acids is 2. The molecule has 1 atom stereocenters. The van der Waals surface area contributed by atoms with Gasteiger partial charge in [-0.25, -0.2) is 0 Å². The first-order chi connectivity index (χ1) is 11.6. The Morgan fingerprint density at radius 3 is 2.79 bits per heavy atom. The average molecular weight is 395 g/mol. The van der Waals surface area contributed by atoms with Crippen molar-refractivity contribution < 1.29 is 14.3 Å². The lowest BCUT2D eigenvalue weighted by Gasteiger charge is -2.24. The second-order valence-corrected chi connectivity index (χ2v) is 7.35. The van der Waals surface area contributed by atoms with Crippen LogP contribution >= 0.6 is 15.9 Å². The second-order valence-electron chi connectivity index (χ2n) is 6.50. The molecule has 130 valence electrons. The van der Waals surface area contributed by atoms with Crippen molar-refractivity contribution in [1.82, 2.24) is 10.2 Å². The van der Waals surface area contributed by atoms with Gasteiger partial charge >= 0.3 is 0 Å². The van der Waals surface area contributed by atoms with Crippen LogP contribution in [0.2, 0.25) is 0 Å². The molecular formula is C18H23BrN2O3. The van der Waals surface area contributed by atoms with Crippen molar-refractivity contribution in [1.29, 1.82) is 0 Å². The molecule has 1 aliphatic carbocycles. The number of nitrogens with zero attached hydrogens (tertiary/aromatic N) is 1. The Kier molecular flexibility index (Phi) is 5.43. The predicted molar refractivity (Wildman–Crippen MR) is 94.9 cm³/mol. The Morgan fingerprint density at radius 1 is 1.33 bits per heavy atom. The van der Waals surface area contributed by atoms with Gasteiger partial charge in [0.1, 0.15) is 11.8 Å². The van der Waals surface area contributed by atoms with Crippen molar-refractivity contribution in [2.45, 2.75) is 50.6 Å². The number of carbonyl (C=O) groups is 2. The van der Waals surface area contributed by atoms with Crippen LogP contribution in [-0.2, 0) is 16.0 Å². The number of methoxy groups -OCH3 is 1. The lowest BCUT2D eigenvalue weighted by atomic mass is 10.1. The molecule has 0 spiro atoms. The van der Waals surface area contributed by atoms with Gasteiger partial charge in [-0.15, -0.1) is 0 Å². The molecule has 1 aliphatic heterocycles. The zero-order chi connectivity index (χ0) is 17.1. The Labute approximate surface area is 150 Å². The van der Waals surface area contributed by atoms with Gasteiger partial charge in [0.05, 0.1) is 11.6 Å². The Morgan fingerprint density at radius 2 is 2.12 bits per heavy atom. The molecule has 2 aliphatic rings. The topological polar surface area (TPSA) is 58.6 Å². The van der Waals surface area contributed by atoms with Crippen LogP contribution in [0.5, 0.6) is 5.75 Å². The molecule has 0 aromatic heterocycles. The quantitative estimate of drug-likeness (QED) is 0.806. The standard InChI is InChI=1S/C18H23BrN2O3/c1-24-16-8-4-12(11-14(16)19)5-9-17(22)21-10-2-3-15(21)18(23)20-13-6-7-13/h4,8,11,13,15H,2-3,5-7,9-10H2,1H3,(H,20,23)/t15-/m0/s1. The lowest BCUT2D eigenvalue weighted by molar-refractivity contribution is -0.138. The molecule has 2 fully saturated rings. The first kappa shape index (κ1) is 17.3. The van der Waals surface area contributed by atoms with Gasteiger partial charge in [0.25, 0.3) is 0 Å². The van der Waals surface area contributed by atoms with Crippen LogP contribution in [0.1, 0.15) is 37.7 Å². The summed E-state index contributed by atoms with van der Waals surface area (Å²) in [6.45, 7) is 0.688. The van der Waals surface area contributed by atoms with E-state index in [1.54, 1.807) is 12.0 Å². The third kappa shape index (κ3) is 4.09. The zero-order valence-corrected chi connectivity index (χ0v) is 15.5. The summed E-state index contributed by atoms with van der Waals surface area (Å²) in [6.07, 6.45) is 4.90. The van der Waals surface area contributed by atoms with Crippen molar-refractivity contribution in [2.75, 3.05) is 13.7 Å². The van der Waals surface area contributed by atoms with E-state index in [1.807, 2.05) is 18.2 Å². The zero-order valence-electron chi connectivity index (χ0n) is 13.9. The highest BCUT2D eigenvalue weighted by Gasteiger charge is 2.36. The highest BCUT2D eigenvalue weighted by Crippen LogP contribution is 2.27. The third-order valence-corrected chi connectivity index (χ3v) is 5.26. The fourth-order valence-corrected chi connectivity index (χ4v) is 3.71. The minimum Gasteiger partial charge on any atom is -0.496 e. The molecule has 0 radical (unpaired) electrons. The van der Waals surface area contributed by atoms with Crippen molar-refractivity contribution in [3.05, 3.63) is 28.2 Å². The van der Waals surface area contributed by atoms with Crippen molar-refractivity contribution in [3.8, 4) is 5.75 Å². The van der Waals surface area contributed by atoms with Crippen LogP contribution in [0.3, 0.4) is 0 Å². The van der Waals surface area contributed by atoms with E-state index in [9.17, 15) is 9.59 Å². The van der Waals surface area contributed by atoms with Crippen LogP contribution in [0, 0.1) is 0 Å². The number of hydrogen-bond acceptors (Lipinski definition) is 3. The number of rotatable bonds is 6. The van der Waals surface area contributed by atoms with Gasteiger partial charge in [-0.05, 0) is 65.7 Å². The van der Waals surface area contributed by atoms with Gasteiger partial charge in [-0.1, -0.05) is 6.07 Å². The number of benzene rings is 1. The maximum Gasteiger partial charge on any atom is 0.243 e. The van der Waals surface area contributed by atoms with E-state index in [1.165, 1.54) is 0 Å². The Hall–Kier alpha value is -1.56. The van der Waals surface area contributed by atoms with Gasteiger partial charge in [0.15, 0.2) is 0 Å². The van der Waals surface area contributed by atoms with E-state index in [0.717, 1.165) is 41.5 Å².